The molecule has 0 amide bonds. The van der Waals surface area contributed by atoms with Crippen LogP contribution in [0.5, 0.6) is 11.5 Å². The number of alkyl halides is 3. The van der Waals surface area contributed by atoms with Crippen molar-refractivity contribution >= 4 is 12.4 Å². The molecule has 0 bridgehead atoms. The highest BCUT2D eigenvalue weighted by Crippen LogP contribution is 2.36. The zero-order valence-corrected chi connectivity index (χ0v) is 17.9. The first-order chi connectivity index (χ1) is 14.5. The van der Waals surface area contributed by atoms with Gasteiger partial charge in [-0.05, 0) is 56.8 Å². The first-order valence-corrected chi connectivity index (χ1v) is 10.3. The molecule has 2 aromatic rings. The van der Waals surface area contributed by atoms with Crippen molar-refractivity contribution in [1.82, 2.24) is 15.1 Å². The molecule has 0 unspecified atom stereocenters. The minimum absolute atomic E-state index is 0. The van der Waals surface area contributed by atoms with Crippen molar-refractivity contribution in [3.63, 3.8) is 0 Å². The fourth-order valence-corrected chi connectivity index (χ4v) is 3.93. The Kier molecular flexibility index (Phi) is 8.07. The van der Waals surface area contributed by atoms with Crippen LogP contribution in [-0.4, -0.2) is 49.1 Å². The van der Waals surface area contributed by atoms with Crippen LogP contribution in [0.1, 0.15) is 31.7 Å². The Hall–Kier alpha value is -1.97. The van der Waals surface area contributed by atoms with Crippen LogP contribution in [0.4, 0.5) is 13.2 Å². The summed E-state index contributed by atoms with van der Waals surface area (Å²) in [4.78, 5) is 0. The lowest BCUT2D eigenvalue weighted by Gasteiger charge is -2.23. The second kappa shape index (κ2) is 10.6. The predicted octanol–water partition coefficient (Wildman–Crippen LogP) is 4.60. The molecule has 1 aromatic carbocycles. The monoisotopic (exact) mass is 461 g/mol. The molecule has 31 heavy (non-hydrogen) atoms. The van der Waals surface area contributed by atoms with Crippen LogP contribution in [0, 0.1) is 5.92 Å². The highest BCUT2D eigenvalue weighted by atomic mass is 35.5. The molecular weight excluding hydrogens is 435 g/mol. The fraction of sp³-hybridized carbons (Fsp3) is 0.571. The highest BCUT2D eigenvalue weighted by molar-refractivity contribution is 5.85. The lowest BCUT2D eigenvalue weighted by Crippen LogP contribution is -2.29. The van der Waals surface area contributed by atoms with Gasteiger partial charge >= 0.3 is 6.36 Å². The number of rotatable bonds is 6. The van der Waals surface area contributed by atoms with E-state index in [1.807, 2.05) is 10.9 Å². The number of hydrogen-bond donors (Lipinski definition) is 1. The number of aromatic nitrogens is 2. The van der Waals surface area contributed by atoms with Crippen molar-refractivity contribution in [2.24, 2.45) is 5.92 Å². The van der Waals surface area contributed by atoms with Gasteiger partial charge in [-0.1, -0.05) is 0 Å². The molecule has 6 nitrogen and oxygen atoms in total. The molecule has 0 aliphatic carbocycles. The summed E-state index contributed by atoms with van der Waals surface area (Å²) in [7, 11) is 0. The lowest BCUT2D eigenvalue weighted by atomic mass is 10.0. The molecule has 1 N–H and O–H groups in total. The zero-order chi connectivity index (χ0) is 21.0. The summed E-state index contributed by atoms with van der Waals surface area (Å²) < 4.78 is 55.5. The normalized spacial score (nSPS) is 18.4. The third-order valence-electron chi connectivity index (χ3n) is 5.60. The second-order valence-electron chi connectivity index (χ2n) is 7.76. The maximum absolute atomic E-state index is 12.7. The maximum atomic E-state index is 12.7. The Balaban J connectivity index is 0.00000272. The van der Waals surface area contributed by atoms with Crippen molar-refractivity contribution < 1.29 is 27.4 Å². The molecule has 10 heteroatoms. The predicted molar refractivity (Wildman–Crippen MR) is 112 cm³/mol. The van der Waals surface area contributed by atoms with Gasteiger partial charge < -0.3 is 19.5 Å². The summed E-state index contributed by atoms with van der Waals surface area (Å²) in [5.74, 6) is 0.392. The second-order valence-corrected chi connectivity index (χ2v) is 7.76. The van der Waals surface area contributed by atoms with Gasteiger partial charge in [0.15, 0.2) is 0 Å². The average molecular weight is 462 g/mol. The summed E-state index contributed by atoms with van der Waals surface area (Å²) in [5, 5.41) is 7.82. The van der Waals surface area contributed by atoms with Gasteiger partial charge in [-0.25, -0.2) is 0 Å². The standard InChI is InChI=1S/C21H26F3N3O3.ClH/c22-21(23,24)30-18-1-2-19(20(11-18)29-14-15-5-9-28-10-6-15)16-12-26-27(13-16)17-3-7-25-8-4-17;/h1-2,11-13,15,17,25H,3-10,14H2;1H. The molecule has 3 heterocycles. The van der Waals surface area contributed by atoms with Crippen LogP contribution in [0.25, 0.3) is 11.1 Å². The van der Waals surface area contributed by atoms with Gasteiger partial charge in [0.05, 0.1) is 18.8 Å². The third-order valence-corrected chi connectivity index (χ3v) is 5.60. The molecule has 0 radical (unpaired) electrons. The SMILES string of the molecule is Cl.FC(F)(F)Oc1ccc(-c2cnn(C3CCNCC3)c2)c(OCC2CCOCC2)c1. The number of nitrogens with zero attached hydrogens (tertiary/aromatic N) is 2. The number of halogens is 4. The first-order valence-electron chi connectivity index (χ1n) is 10.3. The Morgan fingerprint density at radius 3 is 2.58 bits per heavy atom. The van der Waals surface area contributed by atoms with Gasteiger partial charge in [0.2, 0.25) is 0 Å². The Bertz CT molecular complexity index is 835. The van der Waals surface area contributed by atoms with E-state index in [1.165, 1.54) is 12.1 Å². The van der Waals surface area contributed by atoms with Crippen molar-refractivity contribution in [2.45, 2.75) is 38.1 Å². The van der Waals surface area contributed by atoms with Gasteiger partial charge in [0.1, 0.15) is 11.5 Å². The largest absolute Gasteiger partial charge is 0.573 e. The van der Waals surface area contributed by atoms with Crippen molar-refractivity contribution in [3.8, 4) is 22.6 Å². The Morgan fingerprint density at radius 2 is 1.87 bits per heavy atom. The van der Waals surface area contributed by atoms with Crippen LogP contribution in [-0.2, 0) is 4.74 Å². The van der Waals surface area contributed by atoms with E-state index in [2.05, 4.69) is 15.2 Å². The smallest absolute Gasteiger partial charge is 0.493 e. The topological polar surface area (TPSA) is 57.5 Å². The minimum atomic E-state index is -4.75. The molecule has 2 aliphatic heterocycles. The average Bonchev–Trinajstić information content (AvgIpc) is 3.23. The number of ether oxygens (including phenoxy) is 3. The number of nitrogens with one attached hydrogen (secondary N) is 1. The molecule has 2 aliphatic rings. The van der Waals surface area contributed by atoms with Crippen LogP contribution < -0.4 is 14.8 Å². The van der Waals surface area contributed by atoms with Gasteiger partial charge in [0, 0.05) is 36.6 Å². The van der Waals surface area contributed by atoms with Crippen molar-refractivity contribution in [3.05, 3.63) is 30.6 Å². The van der Waals surface area contributed by atoms with Crippen molar-refractivity contribution in [1.29, 1.82) is 0 Å². The quantitative estimate of drug-likeness (QED) is 0.681. The van der Waals surface area contributed by atoms with Gasteiger partial charge in [-0.3, -0.25) is 4.68 Å². The number of benzene rings is 1. The van der Waals surface area contributed by atoms with E-state index >= 15 is 0 Å². The van der Waals surface area contributed by atoms with Crippen LogP contribution in [0.3, 0.4) is 0 Å². The summed E-state index contributed by atoms with van der Waals surface area (Å²) in [6.07, 6.45) is 2.67. The van der Waals surface area contributed by atoms with Crippen molar-refractivity contribution in [2.75, 3.05) is 32.9 Å². The van der Waals surface area contributed by atoms with E-state index < -0.39 is 6.36 Å². The number of hydrogen-bond acceptors (Lipinski definition) is 5. The van der Waals surface area contributed by atoms with Crippen LogP contribution >= 0.6 is 12.4 Å². The lowest BCUT2D eigenvalue weighted by molar-refractivity contribution is -0.274. The van der Waals surface area contributed by atoms with Gasteiger partial charge in [-0.2, -0.15) is 5.10 Å². The van der Waals surface area contributed by atoms with E-state index in [0.717, 1.165) is 44.3 Å². The Morgan fingerprint density at radius 1 is 1.13 bits per heavy atom. The molecule has 4 rings (SSSR count). The van der Waals surface area contributed by atoms with E-state index in [9.17, 15) is 13.2 Å². The first kappa shape index (κ1) is 23.7. The van der Waals surface area contributed by atoms with Crippen LogP contribution in [0.15, 0.2) is 30.6 Å². The molecule has 0 saturated carbocycles. The summed E-state index contributed by atoms with van der Waals surface area (Å²) in [5.41, 5.74) is 1.52. The molecule has 0 spiro atoms. The molecular formula is C21H27ClF3N3O3. The van der Waals surface area contributed by atoms with Gasteiger partial charge in [-0.15, -0.1) is 25.6 Å². The highest BCUT2D eigenvalue weighted by Gasteiger charge is 2.31. The van der Waals surface area contributed by atoms with Crippen LogP contribution in [0.2, 0.25) is 0 Å². The van der Waals surface area contributed by atoms with E-state index in [4.69, 9.17) is 9.47 Å². The fourth-order valence-electron chi connectivity index (χ4n) is 3.93. The molecule has 2 saturated heterocycles. The molecule has 1 aromatic heterocycles. The van der Waals surface area contributed by atoms with Gasteiger partial charge in [0.25, 0.3) is 0 Å². The molecule has 2 fully saturated rings. The summed E-state index contributed by atoms with van der Waals surface area (Å²) in [6, 6.07) is 4.54. The third kappa shape index (κ3) is 6.51. The van der Waals surface area contributed by atoms with E-state index in [-0.39, 0.29) is 18.2 Å². The molecule has 172 valence electrons. The van der Waals surface area contributed by atoms with E-state index in [1.54, 1.807) is 12.3 Å². The van der Waals surface area contributed by atoms with E-state index in [0.29, 0.717) is 43.1 Å². The Labute approximate surface area is 185 Å². The molecule has 0 atom stereocenters. The zero-order valence-electron chi connectivity index (χ0n) is 17.1. The maximum Gasteiger partial charge on any atom is 0.573 e. The summed E-state index contributed by atoms with van der Waals surface area (Å²) >= 11 is 0. The number of piperidine rings is 1. The summed E-state index contributed by atoms with van der Waals surface area (Å²) in [6.45, 7) is 3.68. The minimum Gasteiger partial charge on any atom is -0.493 e.